The van der Waals surface area contributed by atoms with Gasteiger partial charge in [-0.15, -0.1) is 0 Å². The molecule has 2 N–H and O–H groups in total. The second-order valence-corrected chi connectivity index (χ2v) is 4.34. The molecule has 1 aromatic carbocycles. The van der Waals surface area contributed by atoms with Gasteiger partial charge in [-0.1, -0.05) is 19.1 Å². The zero-order chi connectivity index (χ0) is 11.4. The van der Waals surface area contributed by atoms with Crippen molar-refractivity contribution in [3.8, 4) is 5.75 Å². The summed E-state index contributed by atoms with van der Waals surface area (Å²) in [4.78, 5) is 0. The predicted octanol–water partition coefficient (Wildman–Crippen LogP) is 2.53. The minimum absolute atomic E-state index is 0.243. The topological polar surface area (TPSA) is 35.2 Å². The Morgan fingerprint density at radius 2 is 2.00 bits per heavy atom. The molecule has 2 nitrogen and oxygen atoms in total. The number of benzene rings is 1. The number of nitrogens with two attached hydrogens (primary N) is 1. The Morgan fingerprint density at radius 1 is 1.33 bits per heavy atom. The Kier molecular flexibility index (Phi) is 4.15. The number of hydrogen-bond donors (Lipinski definition) is 1. The van der Waals surface area contributed by atoms with E-state index in [1.165, 1.54) is 11.1 Å². The lowest BCUT2D eigenvalue weighted by Gasteiger charge is -2.16. The van der Waals surface area contributed by atoms with Crippen molar-refractivity contribution in [2.45, 2.75) is 33.2 Å². The molecule has 0 aromatic heterocycles. The van der Waals surface area contributed by atoms with Crippen molar-refractivity contribution in [2.24, 2.45) is 11.7 Å². The molecule has 0 fully saturated rings. The van der Waals surface area contributed by atoms with Crippen molar-refractivity contribution in [3.63, 3.8) is 0 Å². The number of rotatable bonds is 4. The maximum absolute atomic E-state index is 5.85. The van der Waals surface area contributed by atoms with E-state index >= 15 is 0 Å². The van der Waals surface area contributed by atoms with E-state index in [2.05, 4.69) is 32.9 Å². The lowest BCUT2D eigenvalue weighted by atomic mass is 9.94. The Morgan fingerprint density at radius 3 is 2.47 bits per heavy atom. The number of aryl methyl sites for hydroxylation is 1. The van der Waals surface area contributed by atoms with Crippen LogP contribution in [-0.2, 0) is 6.42 Å². The van der Waals surface area contributed by atoms with Gasteiger partial charge in [-0.25, -0.2) is 0 Å². The lowest BCUT2D eigenvalue weighted by Crippen LogP contribution is -2.25. The van der Waals surface area contributed by atoms with E-state index in [-0.39, 0.29) is 6.04 Å². The molecule has 0 spiro atoms. The largest absolute Gasteiger partial charge is 0.496 e. The van der Waals surface area contributed by atoms with Crippen LogP contribution in [0.4, 0.5) is 0 Å². The lowest BCUT2D eigenvalue weighted by molar-refractivity contribution is 0.411. The smallest absolute Gasteiger partial charge is 0.121 e. The highest BCUT2D eigenvalue weighted by atomic mass is 16.5. The summed E-state index contributed by atoms with van der Waals surface area (Å²) in [6, 6.07) is 6.56. The van der Waals surface area contributed by atoms with Gasteiger partial charge in [0.1, 0.15) is 5.75 Å². The van der Waals surface area contributed by atoms with Crippen LogP contribution >= 0.6 is 0 Å². The standard InChI is InChI=1S/C13H21NO/c1-9(11(3)14)7-12-5-6-13(15-4)10(2)8-12/h5-6,8-9,11H,7,14H2,1-4H3. The maximum atomic E-state index is 5.85. The molecule has 0 radical (unpaired) electrons. The van der Waals surface area contributed by atoms with Crippen molar-refractivity contribution >= 4 is 0 Å². The van der Waals surface area contributed by atoms with Crippen LogP contribution < -0.4 is 10.5 Å². The van der Waals surface area contributed by atoms with Gasteiger partial charge >= 0.3 is 0 Å². The molecular weight excluding hydrogens is 186 g/mol. The third kappa shape index (κ3) is 3.24. The molecule has 0 saturated heterocycles. The average molecular weight is 207 g/mol. The van der Waals surface area contributed by atoms with Crippen molar-refractivity contribution in [1.29, 1.82) is 0 Å². The average Bonchev–Trinajstić information content (AvgIpc) is 2.18. The second kappa shape index (κ2) is 5.17. The molecular formula is C13H21NO. The highest BCUT2D eigenvalue weighted by Crippen LogP contribution is 2.20. The highest BCUT2D eigenvalue weighted by molar-refractivity contribution is 5.36. The van der Waals surface area contributed by atoms with E-state index < -0.39 is 0 Å². The molecule has 2 heteroatoms. The molecule has 0 heterocycles. The van der Waals surface area contributed by atoms with E-state index in [1.54, 1.807) is 7.11 Å². The molecule has 0 aliphatic carbocycles. The third-order valence-electron chi connectivity index (χ3n) is 2.91. The molecule has 84 valence electrons. The summed E-state index contributed by atoms with van der Waals surface area (Å²) in [6.07, 6.45) is 1.03. The Labute approximate surface area is 92.4 Å². The fourth-order valence-electron chi connectivity index (χ4n) is 1.63. The van der Waals surface area contributed by atoms with E-state index in [9.17, 15) is 0 Å². The van der Waals surface area contributed by atoms with Gasteiger partial charge in [-0.2, -0.15) is 0 Å². The number of methoxy groups -OCH3 is 1. The second-order valence-electron chi connectivity index (χ2n) is 4.34. The van der Waals surface area contributed by atoms with E-state index in [1.807, 2.05) is 6.07 Å². The summed E-state index contributed by atoms with van der Waals surface area (Å²) in [5, 5.41) is 0. The fraction of sp³-hybridized carbons (Fsp3) is 0.538. The van der Waals surface area contributed by atoms with Crippen molar-refractivity contribution < 1.29 is 4.74 Å². The number of ether oxygens (including phenoxy) is 1. The van der Waals surface area contributed by atoms with Crippen molar-refractivity contribution in [1.82, 2.24) is 0 Å². The molecule has 0 saturated carbocycles. The Balaban J connectivity index is 2.75. The quantitative estimate of drug-likeness (QED) is 0.823. The molecule has 0 bridgehead atoms. The van der Waals surface area contributed by atoms with Crippen LogP contribution in [0.15, 0.2) is 18.2 Å². The molecule has 1 aromatic rings. The van der Waals surface area contributed by atoms with E-state index in [0.717, 1.165) is 12.2 Å². The predicted molar refractivity (Wildman–Crippen MR) is 64.2 cm³/mol. The highest BCUT2D eigenvalue weighted by Gasteiger charge is 2.09. The van der Waals surface area contributed by atoms with Crippen LogP contribution in [0.25, 0.3) is 0 Å². The van der Waals surface area contributed by atoms with Crippen LogP contribution in [0.3, 0.4) is 0 Å². The first kappa shape index (κ1) is 12.1. The molecule has 2 unspecified atom stereocenters. The molecule has 1 rings (SSSR count). The first-order valence-corrected chi connectivity index (χ1v) is 5.43. The van der Waals surface area contributed by atoms with Gasteiger partial charge in [0.05, 0.1) is 7.11 Å². The first-order valence-electron chi connectivity index (χ1n) is 5.43. The van der Waals surface area contributed by atoms with Crippen LogP contribution in [0.5, 0.6) is 5.75 Å². The third-order valence-corrected chi connectivity index (χ3v) is 2.91. The molecule has 15 heavy (non-hydrogen) atoms. The van der Waals surface area contributed by atoms with Crippen LogP contribution in [0.2, 0.25) is 0 Å². The van der Waals surface area contributed by atoms with Crippen molar-refractivity contribution in [2.75, 3.05) is 7.11 Å². The van der Waals surface area contributed by atoms with Gasteiger partial charge in [-0.05, 0) is 43.4 Å². The van der Waals surface area contributed by atoms with E-state index in [4.69, 9.17) is 10.5 Å². The van der Waals surface area contributed by atoms with Crippen molar-refractivity contribution in [3.05, 3.63) is 29.3 Å². The summed E-state index contributed by atoms with van der Waals surface area (Å²) in [5.74, 6) is 1.46. The summed E-state index contributed by atoms with van der Waals surface area (Å²) >= 11 is 0. The molecule has 0 aliphatic heterocycles. The summed E-state index contributed by atoms with van der Waals surface area (Å²) in [5.41, 5.74) is 8.37. The Bertz CT molecular complexity index is 320. The zero-order valence-corrected chi connectivity index (χ0v) is 10.1. The maximum Gasteiger partial charge on any atom is 0.121 e. The first-order chi connectivity index (χ1) is 7.04. The van der Waals surface area contributed by atoms with Crippen LogP contribution in [0.1, 0.15) is 25.0 Å². The van der Waals surface area contributed by atoms with E-state index in [0.29, 0.717) is 5.92 Å². The fourth-order valence-corrected chi connectivity index (χ4v) is 1.63. The van der Waals surface area contributed by atoms with Gasteiger partial charge < -0.3 is 10.5 Å². The van der Waals surface area contributed by atoms with Gasteiger partial charge in [0, 0.05) is 6.04 Å². The van der Waals surface area contributed by atoms with Gasteiger partial charge in [0.15, 0.2) is 0 Å². The molecule has 2 atom stereocenters. The summed E-state index contributed by atoms with van der Waals surface area (Å²) in [6.45, 7) is 6.31. The Hall–Kier alpha value is -1.02. The summed E-state index contributed by atoms with van der Waals surface area (Å²) < 4.78 is 5.23. The van der Waals surface area contributed by atoms with Crippen LogP contribution in [-0.4, -0.2) is 13.2 Å². The normalized spacial score (nSPS) is 14.7. The molecule has 0 aliphatic rings. The monoisotopic (exact) mass is 207 g/mol. The van der Waals surface area contributed by atoms with Gasteiger partial charge in [0.25, 0.3) is 0 Å². The van der Waals surface area contributed by atoms with Gasteiger partial charge in [0.2, 0.25) is 0 Å². The minimum atomic E-state index is 0.243. The SMILES string of the molecule is COc1ccc(CC(C)C(C)N)cc1C. The summed E-state index contributed by atoms with van der Waals surface area (Å²) in [7, 11) is 1.70. The molecule has 0 amide bonds. The van der Waals surface area contributed by atoms with Gasteiger partial charge in [-0.3, -0.25) is 0 Å². The number of hydrogen-bond acceptors (Lipinski definition) is 2. The van der Waals surface area contributed by atoms with Crippen LogP contribution in [0, 0.1) is 12.8 Å². The minimum Gasteiger partial charge on any atom is -0.496 e. The zero-order valence-electron chi connectivity index (χ0n) is 10.1.